The molecule has 0 saturated heterocycles. The fourth-order valence-electron chi connectivity index (χ4n) is 1.62. The molecule has 0 aromatic heterocycles. The molecule has 0 bridgehead atoms. The van der Waals surface area contributed by atoms with Crippen LogP contribution in [0, 0.1) is 0 Å². The lowest BCUT2D eigenvalue weighted by Crippen LogP contribution is -1.94. The molecule has 1 aromatic carbocycles. The van der Waals surface area contributed by atoms with Gasteiger partial charge in [-0.25, -0.2) is 0 Å². The zero-order valence-corrected chi connectivity index (χ0v) is 7.53. The molecule has 2 rings (SSSR count). The molecule has 1 nitrogen and oxygen atoms in total. The van der Waals surface area contributed by atoms with Gasteiger partial charge in [-0.2, -0.15) is 0 Å². The number of benzene rings is 1. The Labute approximate surface area is 78.6 Å². The van der Waals surface area contributed by atoms with Crippen molar-refractivity contribution >= 4 is 11.3 Å². The van der Waals surface area contributed by atoms with Crippen molar-refractivity contribution in [1.82, 2.24) is 0 Å². The van der Waals surface area contributed by atoms with Crippen LogP contribution in [0.5, 0.6) is 0 Å². The Hall–Kier alpha value is -1.50. The predicted octanol–water partition coefficient (Wildman–Crippen LogP) is 3.00. The second-order valence-corrected chi connectivity index (χ2v) is 3.25. The van der Waals surface area contributed by atoms with Crippen LogP contribution in [0.2, 0.25) is 0 Å². The summed E-state index contributed by atoms with van der Waals surface area (Å²) in [5.41, 5.74) is 9.30. The van der Waals surface area contributed by atoms with Gasteiger partial charge in [0.05, 0.1) is 0 Å². The van der Waals surface area contributed by atoms with Gasteiger partial charge >= 0.3 is 0 Å². The van der Waals surface area contributed by atoms with Crippen molar-refractivity contribution in [3.63, 3.8) is 0 Å². The Morgan fingerprint density at radius 3 is 2.69 bits per heavy atom. The van der Waals surface area contributed by atoms with Gasteiger partial charge in [-0.05, 0) is 24.5 Å². The first-order valence-electron chi connectivity index (χ1n) is 4.58. The van der Waals surface area contributed by atoms with E-state index in [-0.39, 0.29) is 0 Å². The van der Waals surface area contributed by atoms with Crippen molar-refractivity contribution in [3.05, 3.63) is 48.1 Å². The molecule has 0 spiro atoms. The van der Waals surface area contributed by atoms with Crippen molar-refractivity contribution in [2.45, 2.75) is 12.8 Å². The van der Waals surface area contributed by atoms with Gasteiger partial charge in [-0.1, -0.05) is 36.4 Å². The van der Waals surface area contributed by atoms with Crippen LogP contribution in [0.25, 0.3) is 5.57 Å². The number of para-hydroxylation sites is 1. The molecule has 0 amide bonds. The summed E-state index contributed by atoms with van der Waals surface area (Å²) >= 11 is 0. The number of nitrogen functional groups attached to an aromatic ring is 1. The maximum absolute atomic E-state index is 5.89. The van der Waals surface area contributed by atoms with Crippen LogP contribution in [-0.4, -0.2) is 0 Å². The maximum atomic E-state index is 5.89. The first kappa shape index (κ1) is 8.11. The molecular formula is C12H13N. The minimum atomic E-state index is 0.879. The summed E-state index contributed by atoms with van der Waals surface area (Å²) in [5.74, 6) is 0. The highest BCUT2D eigenvalue weighted by Gasteiger charge is 2.05. The van der Waals surface area contributed by atoms with Gasteiger partial charge in [0.2, 0.25) is 0 Å². The number of anilines is 1. The fourth-order valence-corrected chi connectivity index (χ4v) is 1.62. The Morgan fingerprint density at radius 1 is 1.15 bits per heavy atom. The average Bonchev–Trinajstić information content (AvgIpc) is 2.20. The van der Waals surface area contributed by atoms with Gasteiger partial charge in [0.1, 0.15) is 0 Å². The normalized spacial score (nSPS) is 15.5. The van der Waals surface area contributed by atoms with E-state index in [4.69, 9.17) is 5.73 Å². The molecule has 66 valence electrons. The van der Waals surface area contributed by atoms with Gasteiger partial charge in [-0.3, -0.25) is 0 Å². The lowest BCUT2D eigenvalue weighted by atomic mass is 9.96. The summed E-state index contributed by atoms with van der Waals surface area (Å²) in [6, 6.07) is 8.04. The molecule has 1 aliphatic rings. The molecule has 0 heterocycles. The lowest BCUT2D eigenvalue weighted by molar-refractivity contribution is 1.05. The largest absolute Gasteiger partial charge is 0.398 e. The minimum Gasteiger partial charge on any atom is -0.398 e. The monoisotopic (exact) mass is 171 g/mol. The van der Waals surface area contributed by atoms with Crippen molar-refractivity contribution in [1.29, 1.82) is 0 Å². The standard InChI is InChI=1S/C12H13N/c13-12-9-5-4-8-11(12)10-6-2-1-3-7-10/h1-2,4-6,8-9H,3,7,13H2. The predicted molar refractivity (Wildman–Crippen MR) is 57.2 cm³/mol. The van der Waals surface area contributed by atoms with Gasteiger partial charge in [0, 0.05) is 11.3 Å². The van der Waals surface area contributed by atoms with Crippen molar-refractivity contribution < 1.29 is 0 Å². The summed E-state index contributed by atoms with van der Waals surface area (Å²) in [4.78, 5) is 0. The van der Waals surface area contributed by atoms with Crippen LogP contribution in [0.3, 0.4) is 0 Å². The molecule has 0 atom stereocenters. The number of rotatable bonds is 1. The Kier molecular flexibility index (Phi) is 2.17. The van der Waals surface area contributed by atoms with E-state index < -0.39 is 0 Å². The van der Waals surface area contributed by atoms with Crippen LogP contribution in [0.15, 0.2) is 42.5 Å². The van der Waals surface area contributed by atoms with E-state index in [1.54, 1.807) is 0 Å². The fraction of sp³-hybridized carbons (Fsp3) is 0.167. The molecular weight excluding hydrogens is 158 g/mol. The number of hydrogen-bond acceptors (Lipinski definition) is 1. The first-order chi connectivity index (χ1) is 6.38. The van der Waals surface area contributed by atoms with Crippen molar-refractivity contribution in [3.8, 4) is 0 Å². The third-order valence-electron chi connectivity index (χ3n) is 2.32. The molecule has 13 heavy (non-hydrogen) atoms. The number of allylic oxidation sites excluding steroid dienone is 4. The zero-order valence-electron chi connectivity index (χ0n) is 7.53. The van der Waals surface area contributed by atoms with Crippen molar-refractivity contribution in [2.75, 3.05) is 5.73 Å². The summed E-state index contributed by atoms with van der Waals surface area (Å²) < 4.78 is 0. The quantitative estimate of drug-likeness (QED) is 0.646. The highest BCUT2D eigenvalue weighted by atomic mass is 14.6. The molecule has 1 aliphatic carbocycles. The van der Waals surface area contributed by atoms with E-state index >= 15 is 0 Å². The second kappa shape index (κ2) is 3.48. The highest BCUT2D eigenvalue weighted by Crippen LogP contribution is 2.27. The van der Waals surface area contributed by atoms with Gasteiger partial charge in [-0.15, -0.1) is 0 Å². The Morgan fingerprint density at radius 2 is 2.00 bits per heavy atom. The number of nitrogens with two attached hydrogens (primary N) is 1. The Bertz CT molecular complexity index is 361. The van der Waals surface area contributed by atoms with E-state index in [9.17, 15) is 0 Å². The van der Waals surface area contributed by atoms with Gasteiger partial charge < -0.3 is 5.73 Å². The molecule has 0 aliphatic heterocycles. The molecule has 0 fully saturated rings. The van der Waals surface area contributed by atoms with Crippen LogP contribution in [-0.2, 0) is 0 Å². The third-order valence-corrected chi connectivity index (χ3v) is 2.32. The summed E-state index contributed by atoms with van der Waals surface area (Å²) in [6.07, 6.45) is 8.66. The lowest BCUT2D eigenvalue weighted by Gasteiger charge is -2.11. The zero-order chi connectivity index (χ0) is 9.10. The smallest absolute Gasteiger partial charge is 0.0390 e. The molecule has 0 radical (unpaired) electrons. The molecule has 2 N–H and O–H groups in total. The summed E-state index contributed by atoms with van der Waals surface area (Å²) in [7, 11) is 0. The Balaban J connectivity index is 2.40. The first-order valence-corrected chi connectivity index (χ1v) is 4.58. The van der Waals surface area contributed by atoms with E-state index in [2.05, 4.69) is 24.3 Å². The van der Waals surface area contributed by atoms with E-state index in [0.717, 1.165) is 18.5 Å². The minimum absolute atomic E-state index is 0.879. The SMILES string of the molecule is Nc1ccccc1C1=CC=CCC1. The van der Waals surface area contributed by atoms with Gasteiger partial charge in [0.25, 0.3) is 0 Å². The third kappa shape index (κ3) is 1.64. The molecule has 1 heteroatoms. The van der Waals surface area contributed by atoms with E-state index in [1.807, 2.05) is 18.2 Å². The molecule has 0 saturated carbocycles. The van der Waals surface area contributed by atoms with Crippen molar-refractivity contribution in [2.24, 2.45) is 0 Å². The second-order valence-electron chi connectivity index (χ2n) is 3.25. The highest BCUT2D eigenvalue weighted by molar-refractivity contribution is 5.76. The topological polar surface area (TPSA) is 26.0 Å². The molecule has 0 unspecified atom stereocenters. The van der Waals surface area contributed by atoms with E-state index in [0.29, 0.717) is 0 Å². The van der Waals surface area contributed by atoms with Crippen LogP contribution in [0.4, 0.5) is 5.69 Å². The van der Waals surface area contributed by atoms with Crippen LogP contribution >= 0.6 is 0 Å². The molecule has 1 aromatic rings. The summed E-state index contributed by atoms with van der Waals surface area (Å²) in [6.45, 7) is 0. The van der Waals surface area contributed by atoms with Crippen LogP contribution in [0.1, 0.15) is 18.4 Å². The maximum Gasteiger partial charge on any atom is 0.0390 e. The average molecular weight is 171 g/mol. The van der Waals surface area contributed by atoms with Crippen LogP contribution < -0.4 is 5.73 Å². The summed E-state index contributed by atoms with van der Waals surface area (Å²) in [5, 5.41) is 0. The van der Waals surface area contributed by atoms with E-state index in [1.165, 1.54) is 11.1 Å². The van der Waals surface area contributed by atoms with Gasteiger partial charge in [0.15, 0.2) is 0 Å². The number of hydrogen-bond donors (Lipinski definition) is 1.